The molecule has 0 aromatic heterocycles. The molecule has 4 nitrogen and oxygen atoms in total. The topological polar surface area (TPSA) is 55.4 Å². The zero-order valence-electron chi connectivity index (χ0n) is 13.2. The average molecular weight is 281 g/mol. The standard InChI is InChI=1S/C16H27NO3/c1-15(2,3)20-14(19)17-13(9-18)11-7-6-10-8-12(11)16(10,4)5/h9-13H,6-8H2,1-5H3,(H,17,19)/t10-,11?,12-,13?/m0/s1. The van der Waals surface area contributed by atoms with Crippen molar-refractivity contribution in [3.05, 3.63) is 0 Å². The molecule has 2 unspecified atom stereocenters. The summed E-state index contributed by atoms with van der Waals surface area (Å²) in [5.41, 5.74) is -0.231. The second-order valence-corrected chi connectivity index (χ2v) is 7.91. The number of amides is 1. The maximum Gasteiger partial charge on any atom is 0.408 e. The quantitative estimate of drug-likeness (QED) is 0.808. The van der Waals surface area contributed by atoms with Crippen LogP contribution in [0.15, 0.2) is 0 Å². The van der Waals surface area contributed by atoms with Gasteiger partial charge in [0.25, 0.3) is 0 Å². The Morgan fingerprint density at radius 2 is 2.00 bits per heavy atom. The molecule has 114 valence electrons. The number of aldehydes is 1. The first-order valence-electron chi connectivity index (χ1n) is 7.60. The Balaban J connectivity index is 1.99. The highest BCUT2D eigenvalue weighted by Gasteiger charge is 2.55. The van der Waals surface area contributed by atoms with Gasteiger partial charge in [0.1, 0.15) is 11.9 Å². The van der Waals surface area contributed by atoms with E-state index in [1.54, 1.807) is 0 Å². The smallest absolute Gasteiger partial charge is 0.408 e. The minimum Gasteiger partial charge on any atom is -0.444 e. The highest BCUT2D eigenvalue weighted by molar-refractivity contribution is 5.73. The van der Waals surface area contributed by atoms with Gasteiger partial charge in [0.15, 0.2) is 0 Å². The van der Waals surface area contributed by atoms with Gasteiger partial charge in [-0.1, -0.05) is 13.8 Å². The largest absolute Gasteiger partial charge is 0.444 e. The number of nitrogens with one attached hydrogen (secondary N) is 1. The number of hydrogen-bond donors (Lipinski definition) is 1. The summed E-state index contributed by atoms with van der Waals surface area (Å²) in [6.45, 7) is 10.0. The first-order valence-corrected chi connectivity index (χ1v) is 7.60. The predicted octanol–water partition coefficient (Wildman–Crippen LogP) is 3.15. The lowest BCUT2D eigenvalue weighted by Gasteiger charge is -2.61. The minimum absolute atomic E-state index is 0.250. The molecule has 0 aromatic rings. The molecule has 0 heterocycles. The van der Waals surface area contributed by atoms with Crippen LogP contribution in [0.1, 0.15) is 53.9 Å². The van der Waals surface area contributed by atoms with Crippen LogP contribution in [0, 0.1) is 23.2 Å². The van der Waals surface area contributed by atoms with E-state index >= 15 is 0 Å². The van der Waals surface area contributed by atoms with Crippen molar-refractivity contribution in [2.24, 2.45) is 23.2 Å². The Hall–Kier alpha value is -1.06. The molecule has 1 amide bonds. The minimum atomic E-state index is -0.537. The van der Waals surface area contributed by atoms with Crippen LogP contribution in [0.5, 0.6) is 0 Å². The number of ether oxygens (including phenoxy) is 1. The third-order valence-corrected chi connectivity index (χ3v) is 5.20. The maximum atomic E-state index is 11.9. The van der Waals surface area contributed by atoms with Crippen molar-refractivity contribution in [2.75, 3.05) is 0 Å². The molecular weight excluding hydrogens is 254 g/mol. The number of fused-ring (bicyclic) bond motifs is 2. The number of carbonyl (C=O) groups excluding carboxylic acids is 2. The molecule has 0 spiro atoms. The third kappa shape index (κ3) is 2.84. The van der Waals surface area contributed by atoms with Crippen molar-refractivity contribution in [3.63, 3.8) is 0 Å². The summed E-state index contributed by atoms with van der Waals surface area (Å²) in [5.74, 6) is 1.57. The first kappa shape index (κ1) is 15.3. The van der Waals surface area contributed by atoms with Gasteiger partial charge in [-0.05, 0) is 63.2 Å². The Morgan fingerprint density at radius 3 is 2.45 bits per heavy atom. The van der Waals surface area contributed by atoms with Gasteiger partial charge in [-0.25, -0.2) is 4.79 Å². The second kappa shape index (κ2) is 5.05. The summed E-state index contributed by atoms with van der Waals surface area (Å²) in [6.07, 6.45) is 3.77. The van der Waals surface area contributed by atoms with Gasteiger partial charge in [0, 0.05) is 0 Å². The summed E-state index contributed by atoms with van der Waals surface area (Å²) in [5, 5.41) is 2.76. The van der Waals surface area contributed by atoms with Gasteiger partial charge in [0.2, 0.25) is 0 Å². The van der Waals surface area contributed by atoms with Crippen LogP contribution in [0.3, 0.4) is 0 Å². The summed E-state index contributed by atoms with van der Waals surface area (Å²) in [7, 11) is 0. The van der Waals surface area contributed by atoms with Gasteiger partial charge in [-0.3, -0.25) is 0 Å². The number of alkyl carbamates (subject to hydrolysis) is 1. The van der Waals surface area contributed by atoms with E-state index in [4.69, 9.17) is 4.74 Å². The van der Waals surface area contributed by atoms with E-state index < -0.39 is 17.7 Å². The van der Waals surface area contributed by atoms with E-state index in [1.165, 1.54) is 6.42 Å². The van der Waals surface area contributed by atoms with Gasteiger partial charge in [0.05, 0.1) is 6.04 Å². The Bertz CT molecular complexity index is 395. The summed E-state index contributed by atoms with van der Waals surface area (Å²) < 4.78 is 5.25. The molecule has 3 aliphatic carbocycles. The molecule has 3 aliphatic rings. The second-order valence-electron chi connectivity index (χ2n) is 7.91. The molecule has 4 heteroatoms. The van der Waals surface area contributed by atoms with Crippen molar-refractivity contribution >= 4 is 12.4 Å². The van der Waals surface area contributed by atoms with Crippen molar-refractivity contribution in [3.8, 4) is 0 Å². The Kier molecular flexibility index (Phi) is 3.87. The van der Waals surface area contributed by atoms with E-state index in [1.807, 2.05) is 20.8 Å². The number of hydrogen-bond acceptors (Lipinski definition) is 3. The third-order valence-electron chi connectivity index (χ3n) is 5.20. The van der Waals surface area contributed by atoms with Crippen LogP contribution < -0.4 is 5.32 Å². The molecule has 20 heavy (non-hydrogen) atoms. The average Bonchev–Trinajstić information content (AvgIpc) is 2.33. The Morgan fingerprint density at radius 1 is 1.35 bits per heavy atom. The lowest BCUT2D eigenvalue weighted by molar-refractivity contribution is -0.128. The van der Waals surface area contributed by atoms with Crippen molar-refractivity contribution < 1.29 is 14.3 Å². The molecule has 0 radical (unpaired) electrons. The van der Waals surface area contributed by atoms with Crippen molar-refractivity contribution in [2.45, 2.75) is 65.5 Å². The lowest BCUT2D eigenvalue weighted by Crippen LogP contribution is -2.58. The molecular formula is C16H27NO3. The van der Waals surface area contributed by atoms with Gasteiger partial charge < -0.3 is 14.8 Å². The molecule has 0 aromatic carbocycles. The fourth-order valence-corrected chi connectivity index (χ4v) is 3.98. The van der Waals surface area contributed by atoms with Gasteiger partial charge in [-0.15, -0.1) is 0 Å². The van der Waals surface area contributed by atoms with Crippen LogP contribution in [-0.2, 0) is 9.53 Å². The van der Waals surface area contributed by atoms with Crippen LogP contribution >= 0.6 is 0 Å². The molecule has 4 atom stereocenters. The van der Waals surface area contributed by atoms with Crippen LogP contribution in [0.2, 0.25) is 0 Å². The fourth-order valence-electron chi connectivity index (χ4n) is 3.98. The van der Waals surface area contributed by atoms with Crippen molar-refractivity contribution in [1.29, 1.82) is 0 Å². The molecule has 0 aliphatic heterocycles. The van der Waals surface area contributed by atoms with Gasteiger partial charge >= 0.3 is 6.09 Å². The molecule has 1 N–H and O–H groups in total. The summed E-state index contributed by atoms with van der Waals surface area (Å²) >= 11 is 0. The van der Waals surface area contributed by atoms with Crippen LogP contribution in [0.25, 0.3) is 0 Å². The lowest BCUT2D eigenvalue weighted by atomic mass is 9.45. The van der Waals surface area contributed by atoms with E-state index in [0.717, 1.165) is 25.0 Å². The molecule has 3 saturated carbocycles. The fraction of sp³-hybridized carbons (Fsp3) is 0.875. The number of carbonyl (C=O) groups is 2. The highest BCUT2D eigenvalue weighted by atomic mass is 16.6. The summed E-state index contributed by atoms with van der Waals surface area (Å²) in [4.78, 5) is 23.3. The van der Waals surface area contributed by atoms with Crippen LogP contribution in [-0.4, -0.2) is 24.0 Å². The molecule has 3 rings (SSSR count). The maximum absolute atomic E-state index is 11.9. The first-order chi connectivity index (χ1) is 9.15. The Labute approximate surface area is 121 Å². The van der Waals surface area contributed by atoms with E-state index in [0.29, 0.717) is 11.3 Å². The normalized spacial score (nSPS) is 32.8. The van der Waals surface area contributed by atoms with Crippen LogP contribution in [0.4, 0.5) is 4.79 Å². The molecule has 2 bridgehead atoms. The zero-order chi connectivity index (χ0) is 15.1. The van der Waals surface area contributed by atoms with Gasteiger partial charge in [-0.2, -0.15) is 0 Å². The van der Waals surface area contributed by atoms with E-state index in [2.05, 4.69) is 19.2 Å². The number of rotatable bonds is 3. The predicted molar refractivity (Wildman–Crippen MR) is 77.3 cm³/mol. The monoisotopic (exact) mass is 281 g/mol. The zero-order valence-corrected chi connectivity index (χ0v) is 13.2. The van der Waals surface area contributed by atoms with E-state index in [-0.39, 0.29) is 5.92 Å². The molecule has 0 saturated heterocycles. The summed E-state index contributed by atoms with van der Waals surface area (Å²) in [6, 6.07) is -0.421. The molecule has 3 fully saturated rings. The highest BCUT2D eigenvalue weighted by Crippen LogP contribution is 2.61. The van der Waals surface area contributed by atoms with Crippen molar-refractivity contribution in [1.82, 2.24) is 5.32 Å². The SMILES string of the molecule is CC(C)(C)OC(=O)NC(C=O)C1CC[C@H]2C[C@@H]1C2(C)C. The van der Waals surface area contributed by atoms with E-state index in [9.17, 15) is 9.59 Å².